The normalized spacial score (nSPS) is 10.7. The van der Waals surface area contributed by atoms with Crippen molar-refractivity contribution in [2.24, 2.45) is 0 Å². The highest BCUT2D eigenvalue weighted by Gasteiger charge is 2.17. The molecular weight excluding hydrogens is 279 g/mol. The van der Waals surface area contributed by atoms with Gasteiger partial charge in [-0.25, -0.2) is 13.2 Å². The van der Waals surface area contributed by atoms with E-state index in [9.17, 15) is 13.2 Å². The Morgan fingerprint density at radius 1 is 1.05 bits per heavy atom. The molecule has 0 aliphatic carbocycles. The van der Waals surface area contributed by atoms with Crippen molar-refractivity contribution in [2.45, 2.75) is 13.5 Å². The van der Waals surface area contributed by atoms with Gasteiger partial charge in [0.25, 0.3) is 0 Å². The molecule has 0 fully saturated rings. The van der Waals surface area contributed by atoms with Crippen LogP contribution in [0.15, 0.2) is 30.3 Å². The number of hydrogen-bond donors (Lipinski definition) is 1. The molecule has 0 heterocycles. The zero-order valence-corrected chi connectivity index (χ0v) is 11.8. The van der Waals surface area contributed by atoms with Crippen molar-refractivity contribution in [3.05, 3.63) is 53.3 Å². The molecule has 112 valence electrons. The molecule has 0 radical (unpaired) electrons. The molecule has 5 heteroatoms. The van der Waals surface area contributed by atoms with E-state index in [1.54, 1.807) is 0 Å². The first-order valence-electron chi connectivity index (χ1n) is 6.59. The lowest BCUT2D eigenvalue weighted by atomic mass is 9.98. The number of hydrogen-bond acceptors (Lipinski definition) is 2. The molecule has 1 N–H and O–H groups in total. The van der Waals surface area contributed by atoms with E-state index < -0.39 is 17.5 Å². The minimum absolute atomic E-state index is 0.101. The Morgan fingerprint density at radius 2 is 1.71 bits per heavy atom. The summed E-state index contributed by atoms with van der Waals surface area (Å²) in [5, 5.41) is 3.03. The first-order chi connectivity index (χ1) is 10.1. The van der Waals surface area contributed by atoms with E-state index in [1.165, 1.54) is 25.3 Å². The van der Waals surface area contributed by atoms with Crippen LogP contribution < -0.4 is 10.1 Å². The predicted molar refractivity (Wildman–Crippen MR) is 75.7 cm³/mol. The Morgan fingerprint density at radius 3 is 2.29 bits per heavy atom. The second-order valence-corrected chi connectivity index (χ2v) is 4.55. The molecule has 0 saturated heterocycles. The third-order valence-electron chi connectivity index (χ3n) is 3.15. The topological polar surface area (TPSA) is 21.3 Å². The van der Waals surface area contributed by atoms with Gasteiger partial charge in [0.15, 0.2) is 0 Å². The molecule has 0 aliphatic heterocycles. The smallest absolute Gasteiger partial charge is 0.137 e. The van der Waals surface area contributed by atoms with Crippen LogP contribution in [-0.4, -0.2) is 13.7 Å². The summed E-state index contributed by atoms with van der Waals surface area (Å²) >= 11 is 0. The fourth-order valence-corrected chi connectivity index (χ4v) is 2.14. The molecule has 0 saturated carbocycles. The summed E-state index contributed by atoms with van der Waals surface area (Å²) in [5.41, 5.74) is 0.651. The first kappa shape index (κ1) is 15.4. The van der Waals surface area contributed by atoms with Crippen LogP contribution in [0.3, 0.4) is 0 Å². The van der Waals surface area contributed by atoms with Crippen LogP contribution in [0.4, 0.5) is 13.2 Å². The van der Waals surface area contributed by atoms with Gasteiger partial charge in [-0.3, -0.25) is 0 Å². The zero-order valence-electron chi connectivity index (χ0n) is 11.8. The standard InChI is InChI=1S/C16H16F3NO/c1-3-20-9-10-6-11(17)4-5-13(10)16-14(18)7-12(21-2)8-15(16)19/h4-8,20H,3,9H2,1-2H3. The van der Waals surface area contributed by atoms with Gasteiger partial charge in [0.05, 0.1) is 12.7 Å². The highest BCUT2D eigenvalue weighted by molar-refractivity contribution is 5.69. The molecule has 0 unspecified atom stereocenters. The van der Waals surface area contributed by atoms with E-state index in [-0.39, 0.29) is 11.3 Å². The highest BCUT2D eigenvalue weighted by Crippen LogP contribution is 2.32. The lowest BCUT2D eigenvalue weighted by Crippen LogP contribution is -2.13. The lowest BCUT2D eigenvalue weighted by Gasteiger charge is -2.13. The molecule has 0 bridgehead atoms. The molecule has 2 aromatic rings. The van der Waals surface area contributed by atoms with Gasteiger partial charge in [-0.1, -0.05) is 13.0 Å². The first-order valence-corrected chi connectivity index (χ1v) is 6.59. The number of rotatable bonds is 5. The molecule has 0 atom stereocenters. The average Bonchev–Trinajstić information content (AvgIpc) is 2.46. The Kier molecular flexibility index (Phi) is 4.85. The maximum atomic E-state index is 14.2. The van der Waals surface area contributed by atoms with Crippen molar-refractivity contribution in [1.29, 1.82) is 0 Å². The minimum Gasteiger partial charge on any atom is -0.497 e. The summed E-state index contributed by atoms with van der Waals surface area (Å²) in [5.74, 6) is -1.82. The van der Waals surface area contributed by atoms with Gasteiger partial charge >= 0.3 is 0 Å². The van der Waals surface area contributed by atoms with E-state index in [4.69, 9.17) is 4.74 Å². The summed E-state index contributed by atoms with van der Waals surface area (Å²) in [6.45, 7) is 2.89. The average molecular weight is 295 g/mol. The Balaban J connectivity index is 2.56. The Labute approximate surface area is 121 Å². The molecule has 0 spiro atoms. The molecule has 2 rings (SSSR count). The summed E-state index contributed by atoms with van der Waals surface area (Å²) in [4.78, 5) is 0. The number of methoxy groups -OCH3 is 1. The van der Waals surface area contributed by atoms with E-state index in [0.29, 0.717) is 24.2 Å². The molecule has 2 aromatic carbocycles. The van der Waals surface area contributed by atoms with Crippen LogP contribution in [0.25, 0.3) is 11.1 Å². The van der Waals surface area contributed by atoms with Gasteiger partial charge in [0.2, 0.25) is 0 Å². The number of nitrogens with one attached hydrogen (secondary N) is 1. The van der Waals surface area contributed by atoms with E-state index in [1.807, 2.05) is 6.92 Å². The predicted octanol–water partition coefficient (Wildman–Crippen LogP) is 3.89. The van der Waals surface area contributed by atoms with Crippen molar-refractivity contribution < 1.29 is 17.9 Å². The quantitative estimate of drug-likeness (QED) is 0.903. The number of halogens is 3. The summed E-state index contributed by atoms with van der Waals surface area (Å²) in [6.07, 6.45) is 0. The molecule has 0 aliphatic rings. The molecule has 2 nitrogen and oxygen atoms in total. The van der Waals surface area contributed by atoms with Gasteiger partial charge in [0.1, 0.15) is 23.2 Å². The lowest BCUT2D eigenvalue weighted by molar-refractivity contribution is 0.407. The largest absolute Gasteiger partial charge is 0.497 e. The Bertz CT molecular complexity index is 620. The monoisotopic (exact) mass is 295 g/mol. The fourth-order valence-electron chi connectivity index (χ4n) is 2.14. The summed E-state index contributed by atoms with van der Waals surface area (Å²) in [6, 6.07) is 6.07. The molecular formula is C16H16F3NO. The number of benzene rings is 2. The summed E-state index contributed by atoms with van der Waals surface area (Å²) < 4.78 is 46.5. The van der Waals surface area contributed by atoms with E-state index >= 15 is 0 Å². The van der Waals surface area contributed by atoms with Gasteiger partial charge < -0.3 is 10.1 Å². The fraction of sp³-hybridized carbons (Fsp3) is 0.250. The van der Waals surface area contributed by atoms with Crippen LogP contribution in [0, 0.1) is 17.5 Å². The van der Waals surface area contributed by atoms with Gasteiger partial charge in [0, 0.05) is 18.7 Å². The van der Waals surface area contributed by atoms with Gasteiger partial charge in [-0.2, -0.15) is 0 Å². The Hall–Kier alpha value is -2.01. The highest BCUT2D eigenvalue weighted by atomic mass is 19.1. The van der Waals surface area contributed by atoms with Crippen molar-refractivity contribution in [1.82, 2.24) is 5.32 Å². The molecule has 21 heavy (non-hydrogen) atoms. The van der Waals surface area contributed by atoms with Crippen LogP contribution in [-0.2, 0) is 6.54 Å². The maximum absolute atomic E-state index is 14.2. The van der Waals surface area contributed by atoms with Crippen molar-refractivity contribution >= 4 is 0 Å². The van der Waals surface area contributed by atoms with Gasteiger partial charge in [-0.05, 0) is 29.8 Å². The maximum Gasteiger partial charge on any atom is 0.137 e. The van der Waals surface area contributed by atoms with Crippen LogP contribution in [0.2, 0.25) is 0 Å². The second-order valence-electron chi connectivity index (χ2n) is 4.55. The second kappa shape index (κ2) is 6.63. The third-order valence-corrected chi connectivity index (χ3v) is 3.15. The number of ether oxygens (including phenoxy) is 1. The van der Waals surface area contributed by atoms with Crippen LogP contribution in [0.1, 0.15) is 12.5 Å². The minimum atomic E-state index is -0.740. The van der Waals surface area contributed by atoms with Crippen LogP contribution >= 0.6 is 0 Å². The van der Waals surface area contributed by atoms with Gasteiger partial charge in [-0.15, -0.1) is 0 Å². The molecule has 0 amide bonds. The SMILES string of the molecule is CCNCc1cc(F)ccc1-c1c(F)cc(OC)cc1F. The van der Waals surface area contributed by atoms with Crippen LogP contribution in [0.5, 0.6) is 5.75 Å². The van der Waals surface area contributed by atoms with E-state index in [0.717, 1.165) is 12.1 Å². The summed E-state index contributed by atoms with van der Waals surface area (Å²) in [7, 11) is 1.34. The van der Waals surface area contributed by atoms with Crippen molar-refractivity contribution in [3.63, 3.8) is 0 Å². The third kappa shape index (κ3) is 3.36. The van der Waals surface area contributed by atoms with E-state index in [2.05, 4.69) is 5.32 Å². The van der Waals surface area contributed by atoms with Crippen molar-refractivity contribution in [3.8, 4) is 16.9 Å². The molecule has 0 aromatic heterocycles. The zero-order chi connectivity index (χ0) is 15.4. The van der Waals surface area contributed by atoms with Crippen molar-refractivity contribution in [2.75, 3.05) is 13.7 Å².